The quantitative estimate of drug-likeness (QED) is 0.667. The summed E-state index contributed by atoms with van der Waals surface area (Å²) < 4.78 is 3.16. The Morgan fingerprint density at radius 2 is 1.91 bits per heavy atom. The van der Waals surface area contributed by atoms with Crippen LogP contribution in [0.5, 0.6) is 0 Å². The molecule has 0 spiro atoms. The molecule has 3 rings (SSSR count). The fourth-order valence-electron chi connectivity index (χ4n) is 2.56. The number of aromatic nitrogens is 4. The SMILES string of the molecule is CC(c1ccccc1)n1c(Cl)nc2c1c(=O)n(C)c(=O)n2C#N. The van der Waals surface area contributed by atoms with Crippen LogP contribution in [0.3, 0.4) is 0 Å². The van der Waals surface area contributed by atoms with E-state index in [-0.39, 0.29) is 22.5 Å². The van der Waals surface area contributed by atoms with Gasteiger partial charge in [0.15, 0.2) is 17.4 Å². The molecule has 0 aliphatic carbocycles. The van der Waals surface area contributed by atoms with E-state index in [1.165, 1.54) is 11.6 Å². The lowest BCUT2D eigenvalue weighted by molar-refractivity contribution is 0.650. The maximum atomic E-state index is 12.5. The van der Waals surface area contributed by atoms with Crippen molar-refractivity contribution in [2.24, 2.45) is 7.05 Å². The highest BCUT2D eigenvalue weighted by Crippen LogP contribution is 2.26. The van der Waals surface area contributed by atoms with E-state index in [2.05, 4.69) is 4.98 Å². The Hall–Kier alpha value is -2.85. The predicted molar refractivity (Wildman–Crippen MR) is 85.5 cm³/mol. The molecule has 3 aromatic rings. The maximum Gasteiger partial charge on any atom is 0.346 e. The average Bonchev–Trinajstić information content (AvgIpc) is 2.90. The monoisotopic (exact) mass is 329 g/mol. The van der Waals surface area contributed by atoms with Gasteiger partial charge in [-0.1, -0.05) is 30.3 Å². The van der Waals surface area contributed by atoms with E-state index in [1.807, 2.05) is 37.3 Å². The Bertz CT molecular complexity index is 1060. The van der Waals surface area contributed by atoms with Gasteiger partial charge in [0.1, 0.15) is 0 Å². The van der Waals surface area contributed by atoms with Crippen molar-refractivity contribution >= 4 is 22.8 Å². The first kappa shape index (κ1) is 15.1. The number of nitriles is 1. The second-order valence-corrected chi connectivity index (χ2v) is 5.43. The molecule has 2 aromatic heterocycles. The molecule has 1 atom stereocenters. The molecule has 0 N–H and O–H groups in total. The van der Waals surface area contributed by atoms with E-state index in [1.54, 1.807) is 6.19 Å². The van der Waals surface area contributed by atoms with Crippen molar-refractivity contribution in [1.82, 2.24) is 18.7 Å². The molecule has 1 unspecified atom stereocenters. The van der Waals surface area contributed by atoms with Gasteiger partial charge in [-0.2, -0.15) is 14.8 Å². The third-order valence-corrected chi connectivity index (χ3v) is 4.08. The number of hydrogen-bond donors (Lipinski definition) is 0. The molecule has 0 fully saturated rings. The van der Waals surface area contributed by atoms with Gasteiger partial charge >= 0.3 is 5.69 Å². The van der Waals surface area contributed by atoms with Crippen LogP contribution in [-0.2, 0) is 7.05 Å². The summed E-state index contributed by atoms with van der Waals surface area (Å²) in [5.41, 5.74) is -0.286. The molecule has 116 valence electrons. The van der Waals surface area contributed by atoms with Gasteiger partial charge in [0, 0.05) is 7.05 Å². The second-order valence-electron chi connectivity index (χ2n) is 5.09. The fraction of sp³-hybridized carbons (Fsp3) is 0.200. The third kappa shape index (κ3) is 2.15. The van der Waals surface area contributed by atoms with Crippen LogP contribution in [0.25, 0.3) is 11.2 Å². The Labute approximate surface area is 135 Å². The van der Waals surface area contributed by atoms with Crippen molar-refractivity contribution in [2.45, 2.75) is 13.0 Å². The van der Waals surface area contributed by atoms with Crippen molar-refractivity contribution in [2.75, 3.05) is 0 Å². The minimum Gasteiger partial charge on any atom is -0.301 e. The highest BCUT2D eigenvalue weighted by atomic mass is 35.5. The lowest BCUT2D eigenvalue weighted by Crippen LogP contribution is -2.37. The first-order chi connectivity index (χ1) is 11.0. The van der Waals surface area contributed by atoms with Gasteiger partial charge in [0.25, 0.3) is 5.56 Å². The molecule has 0 amide bonds. The van der Waals surface area contributed by atoms with E-state index in [9.17, 15) is 14.9 Å². The molecule has 7 nitrogen and oxygen atoms in total. The summed E-state index contributed by atoms with van der Waals surface area (Å²) in [6.07, 6.45) is 1.74. The number of halogens is 1. The topological polar surface area (TPSA) is 85.6 Å². The van der Waals surface area contributed by atoms with E-state index < -0.39 is 11.2 Å². The molecule has 0 radical (unpaired) electrons. The first-order valence-electron chi connectivity index (χ1n) is 6.82. The number of imidazole rings is 1. The summed E-state index contributed by atoms with van der Waals surface area (Å²) in [7, 11) is 1.32. The number of hydrogen-bond acceptors (Lipinski definition) is 4. The molecular formula is C15H12ClN5O2. The van der Waals surface area contributed by atoms with Gasteiger partial charge in [-0.3, -0.25) is 9.36 Å². The van der Waals surface area contributed by atoms with Gasteiger partial charge in [-0.05, 0) is 24.1 Å². The van der Waals surface area contributed by atoms with Crippen molar-refractivity contribution in [1.29, 1.82) is 5.26 Å². The van der Waals surface area contributed by atoms with Crippen molar-refractivity contribution < 1.29 is 0 Å². The van der Waals surface area contributed by atoms with Gasteiger partial charge in [-0.25, -0.2) is 4.79 Å². The van der Waals surface area contributed by atoms with Crippen LogP contribution >= 0.6 is 11.6 Å². The standard InChI is InChI=1S/C15H12ClN5O2/c1-9(10-6-4-3-5-7-10)21-11-12(18-14(21)16)20(8-17)15(23)19(2)13(11)22/h3-7,9H,1-2H3. The average molecular weight is 330 g/mol. The molecule has 0 saturated carbocycles. The van der Waals surface area contributed by atoms with Crippen LogP contribution in [0.2, 0.25) is 5.28 Å². The Kier molecular flexibility index (Phi) is 3.54. The summed E-state index contributed by atoms with van der Waals surface area (Å²) in [6.45, 7) is 1.86. The van der Waals surface area contributed by atoms with E-state index >= 15 is 0 Å². The highest BCUT2D eigenvalue weighted by molar-refractivity contribution is 6.29. The smallest absolute Gasteiger partial charge is 0.301 e. The maximum absolute atomic E-state index is 12.5. The van der Waals surface area contributed by atoms with Gasteiger partial charge in [0.05, 0.1) is 6.04 Å². The van der Waals surface area contributed by atoms with E-state index in [4.69, 9.17) is 11.6 Å². The molecule has 0 aliphatic heterocycles. The van der Waals surface area contributed by atoms with Crippen LogP contribution in [0.4, 0.5) is 0 Å². The third-order valence-electron chi connectivity index (χ3n) is 3.82. The number of fused-ring (bicyclic) bond motifs is 1. The highest BCUT2D eigenvalue weighted by Gasteiger charge is 2.23. The molecule has 0 aliphatic rings. The number of rotatable bonds is 2. The van der Waals surface area contributed by atoms with Crippen LogP contribution in [0, 0.1) is 11.5 Å². The predicted octanol–water partition coefficient (Wildman–Crippen LogP) is 1.49. The molecule has 1 aromatic carbocycles. The van der Waals surface area contributed by atoms with Crippen molar-refractivity contribution in [3.05, 3.63) is 62.0 Å². The lowest BCUT2D eigenvalue weighted by Gasteiger charge is -2.15. The molecule has 0 saturated heterocycles. The minimum absolute atomic E-state index is 0.0339. The zero-order chi connectivity index (χ0) is 16.7. The first-order valence-corrected chi connectivity index (χ1v) is 7.19. The molecule has 2 heterocycles. The van der Waals surface area contributed by atoms with Gasteiger partial charge in [0.2, 0.25) is 5.28 Å². The van der Waals surface area contributed by atoms with Crippen LogP contribution < -0.4 is 11.2 Å². The summed E-state index contributed by atoms with van der Waals surface area (Å²) in [5.74, 6) is 0. The van der Waals surface area contributed by atoms with Crippen molar-refractivity contribution in [3.63, 3.8) is 0 Å². The minimum atomic E-state index is -0.751. The van der Waals surface area contributed by atoms with E-state index in [0.717, 1.165) is 14.7 Å². The molecule has 8 heteroatoms. The molecule has 0 bridgehead atoms. The second kappa shape index (κ2) is 5.41. The Morgan fingerprint density at radius 1 is 1.26 bits per heavy atom. The fourth-order valence-corrected chi connectivity index (χ4v) is 2.87. The number of nitrogens with zero attached hydrogens (tertiary/aromatic N) is 5. The number of benzene rings is 1. The molecular weight excluding hydrogens is 318 g/mol. The van der Waals surface area contributed by atoms with Crippen LogP contribution in [-0.4, -0.2) is 18.7 Å². The normalized spacial score (nSPS) is 12.3. The van der Waals surface area contributed by atoms with Crippen molar-refractivity contribution in [3.8, 4) is 6.19 Å². The summed E-state index contributed by atoms with van der Waals surface area (Å²) in [6, 6.07) is 9.15. The zero-order valence-electron chi connectivity index (χ0n) is 12.4. The zero-order valence-corrected chi connectivity index (χ0v) is 13.2. The largest absolute Gasteiger partial charge is 0.346 e. The summed E-state index contributed by atoms with van der Waals surface area (Å²) in [4.78, 5) is 28.6. The van der Waals surface area contributed by atoms with E-state index in [0.29, 0.717) is 0 Å². The Morgan fingerprint density at radius 3 is 2.52 bits per heavy atom. The van der Waals surface area contributed by atoms with Gasteiger partial charge < -0.3 is 4.57 Å². The molecule has 23 heavy (non-hydrogen) atoms. The lowest BCUT2D eigenvalue weighted by atomic mass is 10.1. The van der Waals surface area contributed by atoms with Crippen LogP contribution in [0.15, 0.2) is 39.9 Å². The van der Waals surface area contributed by atoms with Crippen LogP contribution in [0.1, 0.15) is 18.5 Å². The summed E-state index contributed by atoms with van der Waals surface area (Å²) >= 11 is 6.20. The Balaban J connectivity index is 2.43. The van der Waals surface area contributed by atoms with Gasteiger partial charge in [-0.15, -0.1) is 0 Å². The summed E-state index contributed by atoms with van der Waals surface area (Å²) in [5, 5.41) is 9.24.